The minimum absolute atomic E-state index is 0.154. The van der Waals surface area contributed by atoms with Gasteiger partial charge in [0, 0.05) is 27.9 Å². The zero-order valence-electron chi connectivity index (χ0n) is 17.3. The van der Waals surface area contributed by atoms with Crippen LogP contribution < -0.4 is 15.4 Å². The molecule has 2 N–H and O–H groups in total. The van der Waals surface area contributed by atoms with E-state index < -0.39 is 0 Å². The number of aryl methyl sites for hydroxylation is 1. The zero-order chi connectivity index (χ0) is 21.8. The van der Waals surface area contributed by atoms with Crippen molar-refractivity contribution in [3.63, 3.8) is 0 Å². The van der Waals surface area contributed by atoms with Crippen LogP contribution in [0, 0.1) is 6.92 Å². The average Bonchev–Trinajstić information content (AvgIpc) is 3.16. The lowest BCUT2D eigenvalue weighted by Crippen LogP contribution is -2.15. The van der Waals surface area contributed by atoms with Crippen molar-refractivity contribution in [2.45, 2.75) is 13.3 Å². The molecular weight excluding hydrogens is 392 g/mol. The van der Waals surface area contributed by atoms with E-state index in [1.165, 1.54) is 0 Å². The molecule has 1 heterocycles. The van der Waals surface area contributed by atoms with Gasteiger partial charge in [-0.15, -0.1) is 0 Å². The van der Waals surface area contributed by atoms with Crippen LogP contribution >= 0.6 is 0 Å². The van der Waals surface area contributed by atoms with Gasteiger partial charge in [0.1, 0.15) is 11.3 Å². The van der Waals surface area contributed by atoms with E-state index in [0.717, 1.165) is 27.8 Å². The second-order valence-electron chi connectivity index (χ2n) is 7.25. The van der Waals surface area contributed by atoms with Gasteiger partial charge < -0.3 is 19.8 Å². The Kier molecular flexibility index (Phi) is 5.71. The van der Waals surface area contributed by atoms with E-state index in [0.29, 0.717) is 16.9 Å². The molecule has 0 aliphatic rings. The molecule has 0 aliphatic heterocycles. The normalized spacial score (nSPS) is 10.6. The summed E-state index contributed by atoms with van der Waals surface area (Å²) in [6.07, 6.45) is 1.83. The fourth-order valence-corrected chi connectivity index (χ4v) is 3.29. The van der Waals surface area contributed by atoms with E-state index in [4.69, 9.17) is 9.15 Å². The third-order valence-electron chi connectivity index (χ3n) is 4.94. The first-order valence-corrected chi connectivity index (χ1v) is 9.84. The Hall–Kier alpha value is -4.06. The van der Waals surface area contributed by atoms with Crippen molar-refractivity contribution >= 4 is 34.2 Å². The van der Waals surface area contributed by atoms with Crippen molar-refractivity contribution in [2.24, 2.45) is 0 Å². The van der Waals surface area contributed by atoms with E-state index in [2.05, 4.69) is 10.6 Å². The summed E-state index contributed by atoms with van der Waals surface area (Å²) in [5, 5.41) is 6.62. The number of methoxy groups -OCH3 is 1. The molecule has 3 aromatic carbocycles. The molecule has 0 unspecified atom stereocenters. The number of hydrogen-bond acceptors (Lipinski definition) is 4. The van der Waals surface area contributed by atoms with E-state index in [9.17, 15) is 9.59 Å². The van der Waals surface area contributed by atoms with Crippen molar-refractivity contribution in [2.75, 3.05) is 17.7 Å². The monoisotopic (exact) mass is 414 g/mol. The highest BCUT2D eigenvalue weighted by atomic mass is 16.5. The van der Waals surface area contributed by atoms with Crippen molar-refractivity contribution in [3.05, 3.63) is 89.7 Å². The van der Waals surface area contributed by atoms with Gasteiger partial charge in [-0.05, 0) is 67.1 Å². The van der Waals surface area contributed by atoms with Crippen LogP contribution in [0.4, 0.5) is 11.4 Å². The number of hydrogen-bond donors (Lipinski definition) is 2. The molecule has 0 aliphatic carbocycles. The van der Waals surface area contributed by atoms with Gasteiger partial charge in [-0.1, -0.05) is 12.1 Å². The number of carbonyl (C=O) groups excluding carboxylic acids is 2. The molecule has 6 nitrogen and oxygen atoms in total. The maximum Gasteiger partial charge on any atom is 0.255 e. The molecule has 0 spiro atoms. The summed E-state index contributed by atoms with van der Waals surface area (Å²) in [4.78, 5) is 24.9. The van der Waals surface area contributed by atoms with Crippen LogP contribution in [0.3, 0.4) is 0 Å². The third-order valence-corrected chi connectivity index (χ3v) is 4.94. The molecule has 1 aromatic heterocycles. The maximum absolute atomic E-state index is 12.5. The van der Waals surface area contributed by atoms with Gasteiger partial charge in [-0.25, -0.2) is 0 Å². The van der Waals surface area contributed by atoms with Gasteiger partial charge in [0.15, 0.2) is 0 Å². The van der Waals surface area contributed by atoms with E-state index >= 15 is 0 Å². The second kappa shape index (κ2) is 8.75. The van der Waals surface area contributed by atoms with Gasteiger partial charge in [-0.2, -0.15) is 0 Å². The fraction of sp³-hybridized carbons (Fsp3) is 0.120. The first-order chi connectivity index (χ1) is 15.0. The van der Waals surface area contributed by atoms with Gasteiger partial charge >= 0.3 is 0 Å². The zero-order valence-corrected chi connectivity index (χ0v) is 17.3. The van der Waals surface area contributed by atoms with Crippen LogP contribution in [-0.4, -0.2) is 18.9 Å². The number of benzene rings is 3. The second-order valence-corrected chi connectivity index (χ2v) is 7.25. The minimum atomic E-state index is -0.233. The molecule has 31 heavy (non-hydrogen) atoms. The van der Waals surface area contributed by atoms with Crippen molar-refractivity contribution in [1.29, 1.82) is 0 Å². The van der Waals surface area contributed by atoms with Gasteiger partial charge in [0.25, 0.3) is 5.91 Å². The molecule has 0 fully saturated rings. The molecule has 4 aromatic rings. The van der Waals surface area contributed by atoms with E-state index in [1.807, 2.05) is 25.1 Å². The van der Waals surface area contributed by atoms with Crippen LogP contribution in [0.2, 0.25) is 0 Å². The highest BCUT2D eigenvalue weighted by Crippen LogP contribution is 2.23. The van der Waals surface area contributed by atoms with E-state index in [1.54, 1.807) is 61.9 Å². The van der Waals surface area contributed by atoms with E-state index in [-0.39, 0.29) is 18.2 Å². The number of amides is 2. The first-order valence-electron chi connectivity index (χ1n) is 9.84. The Bertz CT molecular complexity index is 1220. The first kappa shape index (κ1) is 20.2. The van der Waals surface area contributed by atoms with Crippen molar-refractivity contribution < 1.29 is 18.7 Å². The molecule has 0 bridgehead atoms. The Morgan fingerprint density at radius 1 is 0.903 bits per heavy atom. The predicted molar refractivity (Wildman–Crippen MR) is 121 cm³/mol. The third kappa shape index (κ3) is 4.75. The van der Waals surface area contributed by atoms with Crippen LogP contribution in [0.15, 0.2) is 77.4 Å². The van der Waals surface area contributed by atoms with Crippen LogP contribution in [0.1, 0.15) is 21.5 Å². The number of ether oxygens (including phenoxy) is 1. The smallest absolute Gasteiger partial charge is 0.255 e. The molecular formula is C25H22N2O4. The summed E-state index contributed by atoms with van der Waals surface area (Å²) in [5.41, 5.74) is 4.50. The standard InChI is InChI=1S/C25H22N2O4/c1-16-3-12-22-18(15-31-23(22)13-16)14-24(28)26-19-6-4-17(5-7-19)25(29)27-20-8-10-21(30-2)11-9-20/h3-13,15H,14H2,1-2H3,(H,26,28)(H,27,29). The number of carbonyl (C=O) groups is 2. The number of nitrogens with one attached hydrogen (secondary N) is 2. The number of anilines is 2. The maximum atomic E-state index is 12.5. The summed E-state index contributed by atoms with van der Waals surface area (Å²) < 4.78 is 10.7. The lowest BCUT2D eigenvalue weighted by molar-refractivity contribution is -0.115. The Morgan fingerprint density at radius 2 is 1.58 bits per heavy atom. The van der Waals surface area contributed by atoms with Gasteiger partial charge in [0.05, 0.1) is 19.8 Å². The predicted octanol–water partition coefficient (Wildman–Crippen LogP) is 5.18. The molecule has 2 amide bonds. The van der Waals surface area contributed by atoms with Gasteiger partial charge in [-0.3, -0.25) is 9.59 Å². The molecule has 0 radical (unpaired) electrons. The largest absolute Gasteiger partial charge is 0.497 e. The average molecular weight is 414 g/mol. The lowest BCUT2D eigenvalue weighted by Gasteiger charge is -2.08. The molecule has 6 heteroatoms. The summed E-state index contributed by atoms with van der Waals surface area (Å²) in [6.45, 7) is 2.00. The number of furan rings is 1. The molecule has 156 valence electrons. The minimum Gasteiger partial charge on any atom is -0.497 e. The Morgan fingerprint density at radius 3 is 2.29 bits per heavy atom. The lowest BCUT2D eigenvalue weighted by atomic mass is 10.1. The number of fused-ring (bicyclic) bond motifs is 1. The van der Waals surface area contributed by atoms with Crippen LogP contribution in [0.25, 0.3) is 11.0 Å². The van der Waals surface area contributed by atoms with Crippen LogP contribution in [0.5, 0.6) is 5.75 Å². The summed E-state index contributed by atoms with van der Waals surface area (Å²) in [6, 6.07) is 19.8. The molecule has 0 atom stereocenters. The highest BCUT2D eigenvalue weighted by Gasteiger charge is 2.12. The summed E-state index contributed by atoms with van der Waals surface area (Å²) >= 11 is 0. The van der Waals surface area contributed by atoms with Crippen LogP contribution in [-0.2, 0) is 11.2 Å². The highest BCUT2D eigenvalue weighted by molar-refractivity contribution is 6.04. The SMILES string of the molecule is COc1ccc(NC(=O)c2ccc(NC(=O)Cc3coc4cc(C)ccc34)cc2)cc1. The Balaban J connectivity index is 1.37. The summed E-state index contributed by atoms with van der Waals surface area (Å²) in [5.74, 6) is 0.332. The molecule has 0 saturated heterocycles. The van der Waals surface area contributed by atoms with Crippen molar-refractivity contribution in [3.8, 4) is 5.75 Å². The molecule has 0 saturated carbocycles. The van der Waals surface area contributed by atoms with Gasteiger partial charge in [0.2, 0.25) is 5.91 Å². The fourth-order valence-electron chi connectivity index (χ4n) is 3.29. The van der Waals surface area contributed by atoms with Crippen molar-refractivity contribution in [1.82, 2.24) is 0 Å². The topological polar surface area (TPSA) is 80.6 Å². The molecule has 4 rings (SSSR count). The Labute approximate surface area is 179 Å². The quantitative estimate of drug-likeness (QED) is 0.455. The number of rotatable bonds is 6. The summed E-state index contributed by atoms with van der Waals surface area (Å²) in [7, 11) is 1.59.